The molecule has 0 fully saturated rings. The number of hydrogen-bond acceptors (Lipinski definition) is 4. The number of carbonyl (C=O) groups excluding carboxylic acids is 2. The average molecular weight is 498 g/mol. The first-order chi connectivity index (χ1) is 17.0. The third-order valence-corrected chi connectivity index (χ3v) is 7.08. The first kappa shape index (κ1) is 22.9. The second-order valence-electron chi connectivity index (χ2n) is 7.86. The fourth-order valence-electron chi connectivity index (χ4n) is 4.04. The monoisotopic (exact) mass is 497 g/mol. The van der Waals surface area contributed by atoms with Gasteiger partial charge in [-0.3, -0.25) is 9.59 Å². The number of amides is 1. The third-order valence-electron chi connectivity index (χ3n) is 5.63. The third kappa shape index (κ3) is 4.58. The van der Waals surface area contributed by atoms with E-state index in [0.717, 1.165) is 26.4 Å². The predicted molar refractivity (Wildman–Crippen MR) is 141 cm³/mol. The van der Waals surface area contributed by atoms with Crippen molar-refractivity contribution in [3.05, 3.63) is 108 Å². The highest BCUT2D eigenvalue weighted by Crippen LogP contribution is 2.35. The van der Waals surface area contributed by atoms with Gasteiger partial charge in [0.1, 0.15) is 5.03 Å². The Labute approximate surface area is 211 Å². The summed E-state index contributed by atoms with van der Waals surface area (Å²) in [4.78, 5) is 31.7. The van der Waals surface area contributed by atoms with Crippen LogP contribution in [0.1, 0.15) is 10.4 Å². The van der Waals surface area contributed by atoms with E-state index in [4.69, 9.17) is 11.6 Å². The Morgan fingerprint density at radius 3 is 2.40 bits per heavy atom. The van der Waals surface area contributed by atoms with Crippen molar-refractivity contribution in [2.45, 2.75) is 9.92 Å². The molecule has 0 aliphatic heterocycles. The highest BCUT2D eigenvalue weighted by molar-refractivity contribution is 7.99. The lowest BCUT2D eigenvalue weighted by molar-refractivity contribution is -0.112. The maximum atomic E-state index is 13.5. The quantitative estimate of drug-likeness (QED) is 0.205. The highest BCUT2D eigenvalue weighted by Gasteiger charge is 2.27. The number of Topliss-reactive ketones (excluding diaryl/α,β-unsaturated/α-hetero) is 1. The molecule has 0 saturated carbocycles. The molecule has 5 rings (SSSR count). The van der Waals surface area contributed by atoms with Crippen LogP contribution in [0.5, 0.6) is 0 Å². The SMILES string of the molecule is Cn1c(-c2ccccc2)c(C(=O)C(=O)Nc2ccc(Sc3ccccn3)c(Cl)c2)c2ccccc21. The minimum atomic E-state index is -0.722. The van der Waals surface area contributed by atoms with Crippen molar-refractivity contribution in [3.8, 4) is 11.3 Å². The zero-order chi connectivity index (χ0) is 24.4. The second-order valence-corrected chi connectivity index (χ2v) is 9.33. The van der Waals surface area contributed by atoms with Crippen molar-refractivity contribution >= 4 is 51.6 Å². The number of rotatable bonds is 6. The number of para-hydroxylation sites is 1. The smallest absolute Gasteiger partial charge is 0.296 e. The van der Waals surface area contributed by atoms with Gasteiger partial charge in [-0.05, 0) is 42.0 Å². The van der Waals surface area contributed by atoms with Crippen LogP contribution < -0.4 is 5.32 Å². The van der Waals surface area contributed by atoms with Crippen LogP contribution >= 0.6 is 23.4 Å². The van der Waals surface area contributed by atoms with E-state index >= 15 is 0 Å². The molecular weight excluding hydrogens is 478 g/mol. The summed E-state index contributed by atoms with van der Waals surface area (Å²) in [7, 11) is 1.90. The zero-order valence-electron chi connectivity index (χ0n) is 18.7. The molecule has 0 unspecified atom stereocenters. The maximum absolute atomic E-state index is 13.5. The summed E-state index contributed by atoms with van der Waals surface area (Å²) >= 11 is 7.88. The number of aromatic nitrogens is 2. The topological polar surface area (TPSA) is 64.0 Å². The summed E-state index contributed by atoms with van der Waals surface area (Å²) in [6.07, 6.45) is 1.72. The van der Waals surface area contributed by atoms with Gasteiger partial charge in [0.25, 0.3) is 11.7 Å². The molecule has 0 aliphatic carbocycles. The average Bonchev–Trinajstić information content (AvgIpc) is 3.18. The van der Waals surface area contributed by atoms with Crippen LogP contribution in [-0.4, -0.2) is 21.2 Å². The van der Waals surface area contributed by atoms with Gasteiger partial charge in [0, 0.05) is 34.7 Å². The molecule has 0 bridgehead atoms. The summed E-state index contributed by atoms with van der Waals surface area (Å²) in [5, 5.41) is 4.72. The molecule has 1 N–H and O–H groups in total. The largest absolute Gasteiger partial charge is 0.343 e. The summed E-state index contributed by atoms with van der Waals surface area (Å²) in [6.45, 7) is 0. The van der Waals surface area contributed by atoms with Gasteiger partial charge in [0.05, 0.1) is 16.3 Å². The maximum Gasteiger partial charge on any atom is 0.296 e. The Morgan fingerprint density at radius 2 is 1.66 bits per heavy atom. The van der Waals surface area contributed by atoms with E-state index < -0.39 is 11.7 Å². The lowest BCUT2D eigenvalue weighted by Crippen LogP contribution is -2.23. The Bertz CT molecular complexity index is 1550. The lowest BCUT2D eigenvalue weighted by Gasteiger charge is -2.10. The summed E-state index contributed by atoms with van der Waals surface area (Å²) in [5.74, 6) is -1.33. The van der Waals surface area contributed by atoms with Crippen LogP contribution in [0.2, 0.25) is 5.02 Å². The van der Waals surface area contributed by atoms with Gasteiger partial charge in [0.2, 0.25) is 0 Å². The van der Waals surface area contributed by atoms with Gasteiger partial charge in [0.15, 0.2) is 0 Å². The van der Waals surface area contributed by atoms with E-state index in [0.29, 0.717) is 22.0 Å². The predicted octanol–water partition coefficient (Wildman–Crippen LogP) is 6.87. The number of nitrogens with zero attached hydrogens (tertiary/aromatic N) is 2. The van der Waals surface area contributed by atoms with Crippen LogP contribution in [0.15, 0.2) is 107 Å². The van der Waals surface area contributed by atoms with E-state index in [-0.39, 0.29) is 0 Å². The molecule has 5 nitrogen and oxygen atoms in total. The first-order valence-corrected chi connectivity index (χ1v) is 12.1. The van der Waals surface area contributed by atoms with Crippen molar-refractivity contribution in [2.24, 2.45) is 7.05 Å². The van der Waals surface area contributed by atoms with Gasteiger partial charge >= 0.3 is 0 Å². The van der Waals surface area contributed by atoms with Gasteiger partial charge in [-0.2, -0.15) is 0 Å². The fraction of sp³-hybridized carbons (Fsp3) is 0.0357. The molecule has 2 aromatic heterocycles. The minimum Gasteiger partial charge on any atom is -0.343 e. The van der Waals surface area contributed by atoms with Crippen LogP contribution in [-0.2, 0) is 11.8 Å². The van der Waals surface area contributed by atoms with Gasteiger partial charge in [-0.1, -0.05) is 78.0 Å². The van der Waals surface area contributed by atoms with Crippen LogP contribution in [0, 0.1) is 0 Å². The normalized spacial score (nSPS) is 10.9. The van der Waals surface area contributed by atoms with Crippen molar-refractivity contribution < 1.29 is 9.59 Å². The summed E-state index contributed by atoms with van der Waals surface area (Å²) in [6, 6.07) is 28.0. The summed E-state index contributed by atoms with van der Waals surface area (Å²) in [5.41, 5.74) is 3.26. The van der Waals surface area contributed by atoms with Crippen molar-refractivity contribution in [1.82, 2.24) is 9.55 Å². The molecule has 3 aromatic carbocycles. The molecule has 5 aromatic rings. The zero-order valence-corrected chi connectivity index (χ0v) is 20.3. The number of fused-ring (bicyclic) bond motifs is 1. The molecule has 7 heteroatoms. The fourth-order valence-corrected chi connectivity index (χ4v) is 5.11. The van der Waals surface area contributed by atoms with Gasteiger partial charge in [-0.25, -0.2) is 4.98 Å². The Balaban J connectivity index is 1.45. The molecular formula is C28H20ClN3O2S. The molecule has 0 radical (unpaired) electrons. The molecule has 1 amide bonds. The first-order valence-electron chi connectivity index (χ1n) is 10.9. The van der Waals surface area contributed by atoms with E-state index in [1.165, 1.54) is 11.8 Å². The standard InChI is InChI=1S/C28H20ClN3O2S/c1-32-22-12-6-5-11-20(22)25(26(32)18-9-3-2-4-10-18)27(33)28(34)31-19-14-15-23(21(29)17-19)35-24-13-7-8-16-30-24/h2-17H,1H3,(H,31,34). The van der Waals surface area contributed by atoms with E-state index in [1.54, 1.807) is 24.4 Å². The number of pyridine rings is 1. The van der Waals surface area contributed by atoms with Crippen molar-refractivity contribution in [2.75, 3.05) is 5.32 Å². The number of carbonyl (C=O) groups is 2. The number of ketones is 1. The Hall–Kier alpha value is -3.87. The van der Waals surface area contributed by atoms with Gasteiger partial charge in [-0.15, -0.1) is 0 Å². The molecule has 35 heavy (non-hydrogen) atoms. The van der Waals surface area contributed by atoms with Gasteiger partial charge < -0.3 is 9.88 Å². The molecule has 172 valence electrons. The number of nitrogens with one attached hydrogen (secondary N) is 1. The Morgan fingerprint density at radius 1 is 0.914 bits per heavy atom. The summed E-state index contributed by atoms with van der Waals surface area (Å²) < 4.78 is 1.95. The molecule has 0 spiro atoms. The lowest BCUT2D eigenvalue weighted by atomic mass is 10.0. The minimum absolute atomic E-state index is 0.375. The number of benzene rings is 3. The Kier molecular flexibility index (Phi) is 6.40. The van der Waals surface area contributed by atoms with E-state index in [1.807, 2.05) is 84.4 Å². The molecule has 2 heterocycles. The molecule has 0 aliphatic rings. The van der Waals surface area contributed by atoms with Crippen LogP contribution in [0.3, 0.4) is 0 Å². The van der Waals surface area contributed by atoms with Crippen LogP contribution in [0.4, 0.5) is 5.69 Å². The number of halogens is 1. The molecule has 0 saturated heterocycles. The number of hydrogen-bond donors (Lipinski definition) is 1. The second kappa shape index (κ2) is 9.78. The van der Waals surface area contributed by atoms with Crippen molar-refractivity contribution in [3.63, 3.8) is 0 Å². The molecule has 0 atom stereocenters. The number of anilines is 1. The van der Waals surface area contributed by atoms with E-state index in [2.05, 4.69) is 10.3 Å². The van der Waals surface area contributed by atoms with Crippen molar-refractivity contribution in [1.29, 1.82) is 0 Å². The highest BCUT2D eigenvalue weighted by atomic mass is 35.5. The van der Waals surface area contributed by atoms with Crippen LogP contribution in [0.25, 0.3) is 22.2 Å². The van der Waals surface area contributed by atoms with E-state index in [9.17, 15) is 9.59 Å². The number of aryl methyl sites for hydroxylation is 1.